The molecule has 1 spiro atoms. The molecule has 4 rings (SSSR count). The summed E-state index contributed by atoms with van der Waals surface area (Å²) in [5.41, 5.74) is 0.971. The Morgan fingerprint density at radius 2 is 2.12 bits per heavy atom. The third kappa shape index (κ3) is 3.49. The summed E-state index contributed by atoms with van der Waals surface area (Å²) in [6.45, 7) is 2.17. The Bertz CT molecular complexity index is 671. The summed E-state index contributed by atoms with van der Waals surface area (Å²) in [4.78, 5) is 33.5. The summed E-state index contributed by atoms with van der Waals surface area (Å²) in [5.74, 6) is 1.20. The van der Waals surface area contributed by atoms with Crippen LogP contribution in [0.15, 0.2) is 24.4 Å². The Morgan fingerprint density at radius 1 is 1.31 bits per heavy atom. The molecular formula is C21H29N3O2. The molecule has 2 heterocycles. The molecule has 0 N–H and O–H groups in total. The predicted molar refractivity (Wildman–Crippen MR) is 99.0 cm³/mol. The van der Waals surface area contributed by atoms with E-state index in [-0.39, 0.29) is 17.2 Å². The number of rotatable bonds is 5. The quantitative estimate of drug-likeness (QED) is 0.816. The monoisotopic (exact) mass is 355 g/mol. The highest BCUT2D eigenvalue weighted by Gasteiger charge is 2.61. The maximum atomic E-state index is 12.8. The van der Waals surface area contributed by atoms with Gasteiger partial charge in [-0.05, 0) is 43.7 Å². The van der Waals surface area contributed by atoms with Gasteiger partial charge in [-0.2, -0.15) is 0 Å². The maximum Gasteiger partial charge on any atom is 0.226 e. The third-order valence-electron chi connectivity index (χ3n) is 6.67. The van der Waals surface area contributed by atoms with Gasteiger partial charge in [-0.25, -0.2) is 0 Å². The molecule has 2 atom stereocenters. The van der Waals surface area contributed by atoms with Crippen molar-refractivity contribution < 1.29 is 9.59 Å². The van der Waals surface area contributed by atoms with E-state index >= 15 is 0 Å². The second kappa shape index (κ2) is 7.01. The fraction of sp³-hybridized carbons (Fsp3) is 0.667. The van der Waals surface area contributed by atoms with E-state index in [9.17, 15) is 9.59 Å². The van der Waals surface area contributed by atoms with Crippen LogP contribution in [-0.4, -0.2) is 46.7 Å². The molecule has 2 amide bonds. The molecule has 2 saturated carbocycles. The number of hydrogen-bond donors (Lipinski definition) is 0. The number of hydrogen-bond acceptors (Lipinski definition) is 3. The summed E-state index contributed by atoms with van der Waals surface area (Å²) in [7, 11) is 1.86. The molecule has 26 heavy (non-hydrogen) atoms. The van der Waals surface area contributed by atoms with E-state index in [1.807, 2.05) is 30.1 Å². The summed E-state index contributed by atoms with van der Waals surface area (Å²) >= 11 is 0. The van der Waals surface area contributed by atoms with Gasteiger partial charge >= 0.3 is 0 Å². The first-order valence-electron chi connectivity index (χ1n) is 10.00. The Hall–Kier alpha value is -1.91. The van der Waals surface area contributed by atoms with Crippen LogP contribution in [-0.2, 0) is 16.1 Å². The Balaban J connectivity index is 1.29. The normalized spacial score (nSPS) is 27.9. The van der Waals surface area contributed by atoms with Crippen LogP contribution < -0.4 is 0 Å². The topological polar surface area (TPSA) is 53.5 Å². The minimum atomic E-state index is 0.0563. The molecule has 1 aromatic heterocycles. The molecule has 0 bridgehead atoms. The highest BCUT2D eigenvalue weighted by atomic mass is 16.2. The molecular weight excluding hydrogens is 326 g/mol. The molecule has 1 aliphatic heterocycles. The second-order valence-electron chi connectivity index (χ2n) is 8.55. The number of aromatic nitrogens is 1. The van der Waals surface area contributed by atoms with Crippen LogP contribution in [0.3, 0.4) is 0 Å². The van der Waals surface area contributed by atoms with Crippen molar-refractivity contribution in [2.45, 2.75) is 51.5 Å². The maximum absolute atomic E-state index is 12.8. The average Bonchev–Trinajstić information content (AvgIpc) is 2.98. The van der Waals surface area contributed by atoms with Crippen molar-refractivity contribution in [2.24, 2.45) is 17.3 Å². The van der Waals surface area contributed by atoms with Gasteiger partial charge in [-0.1, -0.05) is 18.9 Å². The van der Waals surface area contributed by atoms with Crippen molar-refractivity contribution in [2.75, 3.05) is 20.1 Å². The van der Waals surface area contributed by atoms with Crippen molar-refractivity contribution in [1.29, 1.82) is 0 Å². The van der Waals surface area contributed by atoms with Crippen LogP contribution >= 0.6 is 0 Å². The Kier molecular flexibility index (Phi) is 4.72. The van der Waals surface area contributed by atoms with Gasteiger partial charge in [0.05, 0.1) is 12.2 Å². The van der Waals surface area contributed by atoms with Gasteiger partial charge in [0.2, 0.25) is 11.8 Å². The van der Waals surface area contributed by atoms with Crippen molar-refractivity contribution in [3.8, 4) is 0 Å². The van der Waals surface area contributed by atoms with Gasteiger partial charge in [0, 0.05) is 44.1 Å². The summed E-state index contributed by atoms with van der Waals surface area (Å²) < 4.78 is 0. The summed E-state index contributed by atoms with van der Waals surface area (Å²) in [5, 5.41) is 0. The number of nitrogens with zero attached hydrogens (tertiary/aromatic N) is 3. The molecule has 2 aliphatic carbocycles. The van der Waals surface area contributed by atoms with Crippen LogP contribution in [0.1, 0.15) is 50.6 Å². The van der Waals surface area contributed by atoms with Crippen LogP contribution in [0.5, 0.6) is 0 Å². The lowest BCUT2D eigenvalue weighted by molar-refractivity contribution is -0.134. The van der Waals surface area contributed by atoms with E-state index in [1.54, 1.807) is 11.1 Å². The van der Waals surface area contributed by atoms with E-state index < -0.39 is 0 Å². The molecule has 3 aliphatic rings. The lowest BCUT2D eigenvalue weighted by Gasteiger charge is -2.20. The van der Waals surface area contributed by atoms with E-state index in [1.165, 1.54) is 25.7 Å². The molecule has 5 heteroatoms. The van der Waals surface area contributed by atoms with Crippen LogP contribution in [0, 0.1) is 17.3 Å². The fourth-order valence-corrected chi connectivity index (χ4v) is 4.93. The van der Waals surface area contributed by atoms with Crippen molar-refractivity contribution >= 4 is 11.8 Å². The first-order valence-corrected chi connectivity index (χ1v) is 10.00. The first-order chi connectivity index (χ1) is 12.6. The largest absolute Gasteiger partial charge is 0.342 e. The third-order valence-corrected chi connectivity index (χ3v) is 6.67. The Labute approximate surface area is 155 Å². The second-order valence-corrected chi connectivity index (χ2v) is 8.55. The Morgan fingerprint density at radius 3 is 2.85 bits per heavy atom. The molecule has 3 fully saturated rings. The van der Waals surface area contributed by atoms with Gasteiger partial charge in [0.15, 0.2) is 0 Å². The zero-order chi connectivity index (χ0) is 18.1. The van der Waals surface area contributed by atoms with E-state index in [4.69, 9.17) is 0 Å². The number of carbonyl (C=O) groups is 2. The molecule has 1 aromatic rings. The van der Waals surface area contributed by atoms with Gasteiger partial charge in [0.1, 0.15) is 0 Å². The smallest absolute Gasteiger partial charge is 0.226 e. The molecule has 0 unspecified atom stereocenters. The SMILES string of the molecule is CN(Cc1ccccn1)C(=O)[C@H]1C[C@]12CCN(C(=O)CC1CCCC1)C2. The van der Waals surface area contributed by atoms with Gasteiger partial charge in [-0.15, -0.1) is 0 Å². The zero-order valence-corrected chi connectivity index (χ0v) is 15.7. The van der Waals surface area contributed by atoms with E-state index in [0.717, 1.165) is 31.6 Å². The van der Waals surface area contributed by atoms with Crippen molar-refractivity contribution in [3.05, 3.63) is 30.1 Å². The average molecular weight is 355 g/mol. The standard InChI is InChI=1S/C21H29N3O2/c1-23(14-17-8-4-5-10-22-17)20(26)18-13-21(18)9-11-24(15-21)19(25)12-16-6-2-3-7-16/h4-5,8,10,16,18H,2-3,6-7,9,11-15H2,1H3/t18-,21+/m1/s1. The molecule has 0 aromatic carbocycles. The lowest BCUT2D eigenvalue weighted by Crippen LogP contribution is -2.32. The lowest BCUT2D eigenvalue weighted by atomic mass is 10.0. The first kappa shape index (κ1) is 17.5. The van der Waals surface area contributed by atoms with Crippen LogP contribution in [0.2, 0.25) is 0 Å². The highest BCUT2D eigenvalue weighted by Crippen LogP contribution is 2.59. The highest BCUT2D eigenvalue weighted by molar-refractivity contribution is 5.83. The number of amides is 2. The molecule has 0 radical (unpaired) electrons. The van der Waals surface area contributed by atoms with E-state index in [0.29, 0.717) is 24.8 Å². The zero-order valence-electron chi connectivity index (χ0n) is 15.7. The minimum Gasteiger partial charge on any atom is -0.342 e. The van der Waals surface area contributed by atoms with Gasteiger partial charge in [0.25, 0.3) is 0 Å². The molecule has 5 nitrogen and oxygen atoms in total. The number of carbonyl (C=O) groups excluding carboxylic acids is 2. The van der Waals surface area contributed by atoms with Gasteiger partial charge in [-0.3, -0.25) is 14.6 Å². The van der Waals surface area contributed by atoms with Crippen molar-refractivity contribution in [1.82, 2.24) is 14.8 Å². The summed E-state index contributed by atoms with van der Waals surface area (Å²) in [6.07, 6.45) is 9.38. The number of pyridine rings is 1. The molecule has 1 saturated heterocycles. The van der Waals surface area contributed by atoms with Crippen LogP contribution in [0.4, 0.5) is 0 Å². The van der Waals surface area contributed by atoms with Crippen molar-refractivity contribution in [3.63, 3.8) is 0 Å². The molecule has 140 valence electrons. The van der Waals surface area contributed by atoms with Gasteiger partial charge < -0.3 is 9.80 Å². The fourth-order valence-electron chi connectivity index (χ4n) is 4.93. The van der Waals surface area contributed by atoms with E-state index in [2.05, 4.69) is 4.98 Å². The van der Waals surface area contributed by atoms with Crippen LogP contribution in [0.25, 0.3) is 0 Å². The summed E-state index contributed by atoms with van der Waals surface area (Å²) in [6, 6.07) is 5.78. The number of likely N-dealkylation sites (tertiary alicyclic amines) is 1. The predicted octanol–water partition coefficient (Wildman–Crippen LogP) is 2.86. The minimum absolute atomic E-state index is 0.0563.